The fourth-order valence-corrected chi connectivity index (χ4v) is 3.10. The van der Waals surface area contributed by atoms with E-state index in [0.717, 1.165) is 28.4 Å². The third-order valence-electron chi connectivity index (χ3n) is 4.32. The molecule has 2 heterocycles. The van der Waals surface area contributed by atoms with Gasteiger partial charge in [-0.2, -0.15) is 0 Å². The third-order valence-corrected chi connectivity index (χ3v) is 4.32. The van der Waals surface area contributed by atoms with Gasteiger partial charge in [0.1, 0.15) is 29.4 Å². The van der Waals surface area contributed by atoms with Gasteiger partial charge in [-0.25, -0.2) is 18.7 Å². The lowest BCUT2D eigenvalue weighted by Crippen LogP contribution is -2.04. The van der Waals surface area contributed by atoms with Crippen molar-refractivity contribution in [3.63, 3.8) is 0 Å². The van der Waals surface area contributed by atoms with E-state index in [4.69, 9.17) is 0 Å². The summed E-state index contributed by atoms with van der Waals surface area (Å²) >= 11 is 0. The highest BCUT2D eigenvalue weighted by Crippen LogP contribution is 2.30. The summed E-state index contributed by atoms with van der Waals surface area (Å²) in [5.74, 6) is -1.07. The van der Waals surface area contributed by atoms with Crippen LogP contribution in [0.15, 0.2) is 54.9 Å². The maximum atomic E-state index is 13.6. The number of halogens is 2. The van der Waals surface area contributed by atoms with E-state index in [1.165, 1.54) is 18.5 Å². The average Bonchev–Trinajstić information content (AvgIpc) is 2.95. The number of phenolic OH excluding ortho intramolecular Hbond substituents is 1. The molecule has 0 aliphatic rings. The van der Waals surface area contributed by atoms with E-state index in [9.17, 15) is 13.9 Å². The minimum absolute atomic E-state index is 0.166. The number of fused-ring (bicyclic) bond motifs is 1. The normalized spacial score (nSPS) is 11.2. The van der Waals surface area contributed by atoms with Crippen molar-refractivity contribution in [3.8, 4) is 17.0 Å². The minimum atomic E-state index is -0.617. The van der Waals surface area contributed by atoms with Crippen molar-refractivity contribution in [3.05, 3.63) is 77.8 Å². The molecule has 0 spiro atoms. The third kappa shape index (κ3) is 2.90. The molecular formula is C20H15F2N3O. The van der Waals surface area contributed by atoms with Gasteiger partial charge in [0, 0.05) is 18.0 Å². The topological polar surface area (TPSA) is 50.9 Å². The molecule has 1 N–H and O–H groups in total. The molecule has 130 valence electrons. The molecule has 0 aliphatic carbocycles. The molecule has 0 aliphatic heterocycles. The molecule has 4 aromatic rings. The first-order valence-electron chi connectivity index (χ1n) is 8.06. The average molecular weight is 351 g/mol. The summed E-state index contributed by atoms with van der Waals surface area (Å²) in [6.07, 6.45) is 1.47. The maximum Gasteiger partial charge on any atom is 0.144 e. The van der Waals surface area contributed by atoms with Crippen molar-refractivity contribution in [1.82, 2.24) is 14.5 Å². The molecule has 0 saturated carbocycles. The van der Waals surface area contributed by atoms with Crippen LogP contribution in [0.4, 0.5) is 8.78 Å². The van der Waals surface area contributed by atoms with Gasteiger partial charge in [0.25, 0.3) is 0 Å². The Bertz CT molecular complexity index is 1080. The van der Waals surface area contributed by atoms with Crippen LogP contribution in [0.2, 0.25) is 0 Å². The predicted molar refractivity (Wildman–Crippen MR) is 94.8 cm³/mol. The zero-order valence-corrected chi connectivity index (χ0v) is 13.9. The molecule has 0 fully saturated rings. The van der Waals surface area contributed by atoms with Crippen LogP contribution in [0.3, 0.4) is 0 Å². The fraction of sp³-hybridized carbons (Fsp3) is 0.100. The number of rotatable bonds is 3. The van der Waals surface area contributed by atoms with E-state index in [0.29, 0.717) is 11.2 Å². The van der Waals surface area contributed by atoms with Gasteiger partial charge in [-0.1, -0.05) is 0 Å². The number of aromatic nitrogens is 3. The van der Waals surface area contributed by atoms with Gasteiger partial charge >= 0.3 is 0 Å². The van der Waals surface area contributed by atoms with Gasteiger partial charge in [-0.15, -0.1) is 0 Å². The molecule has 0 amide bonds. The van der Waals surface area contributed by atoms with Crippen molar-refractivity contribution in [2.45, 2.75) is 13.5 Å². The van der Waals surface area contributed by atoms with Crippen LogP contribution in [0.25, 0.3) is 22.3 Å². The van der Waals surface area contributed by atoms with Gasteiger partial charge in [-0.05, 0) is 60.5 Å². The van der Waals surface area contributed by atoms with Crippen molar-refractivity contribution in [2.24, 2.45) is 0 Å². The number of aromatic hydroxyl groups is 1. The minimum Gasteiger partial charge on any atom is -0.508 e. The van der Waals surface area contributed by atoms with Gasteiger partial charge in [0.2, 0.25) is 0 Å². The summed E-state index contributed by atoms with van der Waals surface area (Å²) in [4.78, 5) is 8.58. The molecule has 2 aromatic heterocycles. The van der Waals surface area contributed by atoms with Crippen LogP contribution in [0.5, 0.6) is 5.75 Å². The Labute approximate surface area is 148 Å². The molecule has 0 unspecified atom stereocenters. The Morgan fingerprint density at radius 3 is 2.35 bits per heavy atom. The van der Waals surface area contributed by atoms with Gasteiger partial charge in [-0.3, -0.25) is 0 Å². The van der Waals surface area contributed by atoms with Crippen LogP contribution < -0.4 is 0 Å². The Morgan fingerprint density at radius 1 is 0.962 bits per heavy atom. The number of nitrogens with zero attached hydrogens (tertiary/aromatic N) is 3. The first-order valence-corrected chi connectivity index (χ1v) is 8.06. The van der Waals surface area contributed by atoms with Crippen LogP contribution in [0.1, 0.15) is 11.3 Å². The monoisotopic (exact) mass is 351 g/mol. The van der Waals surface area contributed by atoms with Crippen molar-refractivity contribution in [2.75, 3.05) is 0 Å². The molecule has 4 rings (SSSR count). The summed E-state index contributed by atoms with van der Waals surface area (Å²) in [6, 6.07) is 12.2. The quantitative estimate of drug-likeness (QED) is 0.594. The zero-order chi connectivity index (χ0) is 18.3. The molecule has 2 aromatic carbocycles. The number of benzene rings is 2. The number of aryl methyl sites for hydroxylation is 1. The molecule has 0 radical (unpaired) electrons. The van der Waals surface area contributed by atoms with Crippen LogP contribution >= 0.6 is 0 Å². The summed E-state index contributed by atoms with van der Waals surface area (Å²) in [5, 5.41) is 10.4. The van der Waals surface area contributed by atoms with E-state index in [1.807, 2.05) is 17.6 Å². The summed E-state index contributed by atoms with van der Waals surface area (Å²) in [7, 11) is 0. The van der Waals surface area contributed by atoms with Gasteiger partial charge in [0.05, 0.1) is 11.4 Å². The lowest BCUT2D eigenvalue weighted by molar-refractivity contribution is 0.475. The lowest BCUT2D eigenvalue weighted by Gasteiger charge is -2.11. The first-order chi connectivity index (χ1) is 12.5. The van der Waals surface area contributed by atoms with Crippen LogP contribution in [-0.4, -0.2) is 19.6 Å². The van der Waals surface area contributed by atoms with E-state index in [-0.39, 0.29) is 12.3 Å². The Kier molecular flexibility index (Phi) is 3.88. The second-order valence-corrected chi connectivity index (χ2v) is 6.14. The first kappa shape index (κ1) is 16.2. The van der Waals surface area contributed by atoms with Crippen LogP contribution in [-0.2, 0) is 6.54 Å². The Hall–Kier alpha value is -3.28. The van der Waals surface area contributed by atoms with Crippen LogP contribution in [0, 0.1) is 18.6 Å². The molecule has 4 nitrogen and oxygen atoms in total. The highest BCUT2D eigenvalue weighted by atomic mass is 19.1. The maximum absolute atomic E-state index is 13.6. The Balaban J connectivity index is 1.92. The van der Waals surface area contributed by atoms with E-state index >= 15 is 0 Å². The lowest BCUT2D eigenvalue weighted by atomic mass is 10.1. The van der Waals surface area contributed by atoms with E-state index < -0.39 is 11.6 Å². The number of hydrogen-bond donors (Lipinski definition) is 1. The molecule has 0 bridgehead atoms. The van der Waals surface area contributed by atoms with Crippen molar-refractivity contribution in [1.29, 1.82) is 0 Å². The van der Waals surface area contributed by atoms with E-state index in [1.54, 1.807) is 24.3 Å². The highest BCUT2D eigenvalue weighted by Gasteiger charge is 2.15. The van der Waals surface area contributed by atoms with E-state index in [2.05, 4.69) is 9.97 Å². The summed E-state index contributed by atoms with van der Waals surface area (Å²) < 4.78 is 29.1. The zero-order valence-electron chi connectivity index (χ0n) is 13.9. The number of phenols is 1. The molecule has 26 heavy (non-hydrogen) atoms. The highest BCUT2D eigenvalue weighted by molar-refractivity contribution is 5.86. The molecule has 0 saturated heterocycles. The molecular weight excluding hydrogens is 336 g/mol. The largest absolute Gasteiger partial charge is 0.508 e. The smallest absolute Gasteiger partial charge is 0.144 e. The summed E-state index contributed by atoms with van der Waals surface area (Å²) in [6.45, 7) is 2.14. The van der Waals surface area contributed by atoms with Gasteiger partial charge < -0.3 is 9.67 Å². The van der Waals surface area contributed by atoms with Crippen molar-refractivity contribution >= 4 is 11.0 Å². The Morgan fingerprint density at radius 2 is 1.65 bits per heavy atom. The summed E-state index contributed by atoms with van der Waals surface area (Å²) in [5.41, 5.74) is 3.69. The predicted octanol–water partition coefficient (Wildman–Crippen LogP) is 4.44. The van der Waals surface area contributed by atoms with Gasteiger partial charge in [0.15, 0.2) is 0 Å². The number of hydrogen-bond acceptors (Lipinski definition) is 3. The molecule has 6 heteroatoms. The standard InChI is InChI=1S/C20H15F2N3O/c1-12-18-9-19(14-2-4-17(26)5-3-14)25(20(18)24-11-23-12)10-13-6-15(21)8-16(22)7-13/h2-9,11,26H,10H2,1H3. The SMILES string of the molecule is Cc1ncnc2c1cc(-c1ccc(O)cc1)n2Cc1cc(F)cc(F)c1. The van der Waals surface area contributed by atoms with Crippen molar-refractivity contribution < 1.29 is 13.9 Å². The fourth-order valence-electron chi connectivity index (χ4n) is 3.10. The molecule has 0 atom stereocenters. The second kappa shape index (κ2) is 6.22. The second-order valence-electron chi connectivity index (χ2n) is 6.14.